The van der Waals surface area contributed by atoms with E-state index in [1.54, 1.807) is 0 Å². The van der Waals surface area contributed by atoms with Gasteiger partial charge in [0.05, 0.1) is 92.7 Å². The number of aromatic nitrogens is 8. The first-order valence-corrected chi connectivity index (χ1v) is 24.2. The number of nitrogens with zero attached hydrogens (tertiary/aromatic N) is 8. The molecule has 24 nitrogen and oxygen atoms in total. The Morgan fingerprint density at radius 3 is 0.562 bits per heavy atom. The van der Waals surface area contributed by atoms with Gasteiger partial charge in [-0.25, -0.2) is 112 Å². The molecule has 0 saturated heterocycles. The van der Waals surface area contributed by atoms with E-state index >= 15 is 0 Å². The summed E-state index contributed by atoms with van der Waals surface area (Å²) in [5, 5.41) is 15.7. The van der Waals surface area contributed by atoms with Crippen LogP contribution >= 0.6 is 0 Å². The molecule has 32 heteroatoms. The molecule has 0 aliphatic heterocycles. The van der Waals surface area contributed by atoms with E-state index in [2.05, 4.69) is 39.9 Å². The SMILES string of the molecule is C[C@@H]([C@@](C)(N)c1ncc(F)cn1)S(N)(=O)=O.C[C@@H]([C@](C)(N)c1ncc(F)cn1)S(N)(=O)=O.C[C@H]([C@@](C)(N)c1ncc(F)cn1)S(N)(=O)=O.C[C@H]([C@](C)(N)c1ncc(F)cn1)S(N)(=O)=O. The smallest absolute Gasteiger partial charge is 0.213 e. The fraction of sp³-hybridized carbons (Fsp3) is 0.500. The molecule has 0 unspecified atom stereocenters. The van der Waals surface area contributed by atoms with Crippen LogP contribution in [0.2, 0.25) is 0 Å². The Hall–Kier alpha value is -4.48. The van der Waals surface area contributed by atoms with Crippen molar-refractivity contribution in [3.05, 3.63) is 96.1 Å². The zero-order valence-corrected chi connectivity index (χ0v) is 38.8. The van der Waals surface area contributed by atoms with Gasteiger partial charge in [0.2, 0.25) is 40.1 Å². The van der Waals surface area contributed by atoms with Gasteiger partial charge in [0.15, 0.2) is 23.3 Å². The van der Waals surface area contributed by atoms with Gasteiger partial charge in [-0.15, -0.1) is 0 Å². The third-order valence-electron chi connectivity index (χ3n) is 9.76. The van der Waals surface area contributed by atoms with Gasteiger partial charge in [-0.1, -0.05) is 0 Å². The van der Waals surface area contributed by atoms with Crippen molar-refractivity contribution in [1.29, 1.82) is 0 Å². The highest BCUT2D eigenvalue weighted by atomic mass is 32.2. The molecule has 0 amide bonds. The first-order valence-electron chi connectivity index (χ1n) is 17.8. The molecule has 0 aliphatic carbocycles. The van der Waals surface area contributed by atoms with Gasteiger partial charge in [0.1, 0.15) is 23.3 Å². The molecule has 360 valence electrons. The third kappa shape index (κ3) is 15.9. The fourth-order valence-corrected chi connectivity index (χ4v) is 7.61. The van der Waals surface area contributed by atoms with Crippen molar-refractivity contribution in [1.82, 2.24) is 39.9 Å². The van der Waals surface area contributed by atoms with E-state index in [0.717, 1.165) is 49.6 Å². The van der Waals surface area contributed by atoms with Gasteiger partial charge in [-0.2, -0.15) is 0 Å². The Balaban J connectivity index is 0.000000427. The van der Waals surface area contributed by atoms with Crippen molar-refractivity contribution in [2.75, 3.05) is 0 Å². The molecule has 4 rings (SSSR count). The second-order valence-corrected chi connectivity index (χ2v) is 22.5. The number of hydrogen-bond donors (Lipinski definition) is 8. The van der Waals surface area contributed by atoms with E-state index in [4.69, 9.17) is 43.5 Å². The molecule has 0 bridgehead atoms. The lowest BCUT2D eigenvalue weighted by Gasteiger charge is -2.27. The van der Waals surface area contributed by atoms with E-state index in [0.29, 0.717) is 0 Å². The Morgan fingerprint density at radius 2 is 0.469 bits per heavy atom. The molecule has 0 spiro atoms. The number of nitrogens with two attached hydrogens (primary N) is 8. The summed E-state index contributed by atoms with van der Waals surface area (Å²) in [6, 6.07) is 0. The van der Waals surface area contributed by atoms with E-state index in [9.17, 15) is 51.2 Å². The lowest BCUT2D eigenvalue weighted by molar-refractivity contribution is 0.431. The standard InChI is InChI=1S/4C8H13FN4O2S/c4*1-5(16(11,14)15)8(2,10)7-12-3-6(9)4-13-7/h4*3-5H,10H2,1-2H3,(H2,11,14,15)/t2*5-,8+;2*5-,8-/m1010/s1. The molecule has 4 aromatic rings. The number of halogens is 4. The molecule has 0 fully saturated rings. The summed E-state index contributed by atoms with van der Waals surface area (Å²) < 4.78 is 140. The lowest BCUT2D eigenvalue weighted by atomic mass is 9.99. The third-order valence-corrected chi connectivity index (χ3v) is 15.7. The number of rotatable bonds is 12. The molecule has 0 aliphatic rings. The maximum absolute atomic E-state index is 12.6. The number of hydrogen-bond acceptors (Lipinski definition) is 20. The van der Waals surface area contributed by atoms with Gasteiger partial charge >= 0.3 is 0 Å². The van der Waals surface area contributed by atoms with E-state index in [-0.39, 0.29) is 23.3 Å². The molecule has 64 heavy (non-hydrogen) atoms. The summed E-state index contributed by atoms with van der Waals surface area (Å²) in [7, 11) is -15.3. The summed E-state index contributed by atoms with van der Waals surface area (Å²) in [6.07, 6.45) is 7.36. The predicted octanol–water partition coefficient (Wildman–Crippen LogP) is -2.13. The quantitative estimate of drug-likeness (QED) is 0.0703. The first kappa shape index (κ1) is 57.5. The summed E-state index contributed by atoms with van der Waals surface area (Å²) in [5.74, 6) is -2.40. The van der Waals surface area contributed by atoms with Crippen molar-refractivity contribution in [3.8, 4) is 0 Å². The highest BCUT2D eigenvalue weighted by Gasteiger charge is 2.41. The molecule has 4 aromatic heterocycles. The summed E-state index contributed by atoms with van der Waals surface area (Å²) in [5.41, 5.74) is 17.7. The van der Waals surface area contributed by atoms with Gasteiger partial charge in [0.25, 0.3) is 0 Å². The van der Waals surface area contributed by atoms with E-state index in [1.165, 1.54) is 55.4 Å². The van der Waals surface area contributed by atoms with Crippen LogP contribution in [0.1, 0.15) is 78.7 Å². The summed E-state index contributed by atoms with van der Waals surface area (Å²) in [6.45, 7) is 11.1. The van der Waals surface area contributed by atoms with E-state index < -0.39 is 107 Å². The minimum absolute atomic E-state index is 0.0235. The second kappa shape index (κ2) is 21.2. The van der Waals surface area contributed by atoms with Gasteiger partial charge in [-0.05, 0) is 55.4 Å². The van der Waals surface area contributed by atoms with Crippen molar-refractivity contribution in [2.45, 2.75) is 98.5 Å². The Morgan fingerprint density at radius 1 is 0.359 bits per heavy atom. The van der Waals surface area contributed by atoms with Gasteiger partial charge < -0.3 is 22.9 Å². The Bertz CT molecular complexity index is 2250. The first-order chi connectivity index (χ1) is 28.6. The summed E-state index contributed by atoms with van der Waals surface area (Å²) in [4.78, 5) is 29.2. The van der Waals surface area contributed by atoms with Crippen LogP contribution < -0.4 is 43.5 Å². The fourth-order valence-electron chi connectivity index (χ4n) is 4.45. The molecule has 0 aromatic carbocycles. The minimum atomic E-state index is -3.82. The predicted molar refractivity (Wildman–Crippen MR) is 224 cm³/mol. The summed E-state index contributed by atoms with van der Waals surface area (Å²) >= 11 is 0. The monoisotopic (exact) mass is 992 g/mol. The number of sulfonamides is 4. The molecule has 4 heterocycles. The Labute approximate surface area is 368 Å². The maximum Gasteiger partial charge on any atom is 0.213 e. The van der Waals surface area contributed by atoms with Gasteiger partial charge in [0, 0.05) is 0 Å². The molecule has 16 N–H and O–H groups in total. The molecule has 0 saturated carbocycles. The topological polar surface area (TPSA) is 448 Å². The average molecular weight is 993 g/mol. The molecule has 0 radical (unpaired) electrons. The van der Waals surface area contributed by atoms with Crippen LogP contribution in [0.25, 0.3) is 0 Å². The normalized spacial score (nSPS) is 17.8. The lowest BCUT2D eigenvalue weighted by Crippen LogP contribution is -2.50. The Kier molecular flexibility index (Phi) is 19.1. The zero-order valence-electron chi connectivity index (χ0n) is 35.5. The minimum Gasteiger partial charge on any atom is -0.318 e. The highest BCUT2D eigenvalue weighted by Crippen LogP contribution is 2.25. The van der Waals surface area contributed by atoms with Crippen molar-refractivity contribution >= 4 is 40.1 Å². The highest BCUT2D eigenvalue weighted by molar-refractivity contribution is 7.90. The average Bonchev–Trinajstić information content (AvgIpc) is 3.16. The van der Waals surface area contributed by atoms with Crippen molar-refractivity contribution < 1.29 is 51.2 Å². The van der Waals surface area contributed by atoms with Crippen molar-refractivity contribution in [3.63, 3.8) is 0 Å². The van der Waals surface area contributed by atoms with Crippen LogP contribution in [-0.2, 0) is 62.2 Å². The van der Waals surface area contributed by atoms with E-state index in [1.807, 2.05) is 0 Å². The van der Waals surface area contributed by atoms with Crippen LogP contribution in [0.3, 0.4) is 0 Å². The molecular formula is C32H52F4N16O8S4. The van der Waals surface area contributed by atoms with Crippen LogP contribution in [0, 0.1) is 23.3 Å². The van der Waals surface area contributed by atoms with Crippen LogP contribution in [0.5, 0.6) is 0 Å². The van der Waals surface area contributed by atoms with Crippen LogP contribution in [0.15, 0.2) is 49.6 Å². The maximum atomic E-state index is 12.6. The van der Waals surface area contributed by atoms with Crippen molar-refractivity contribution in [2.24, 2.45) is 43.5 Å². The largest absolute Gasteiger partial charge is 0.318 e. The van der Waals surface area contributed by atoms with Gasteiger partial charge in [-0.3, -0.25) is 0 Å². The van der Waals surface area contributed by atoms with Crippen LogP contribution in [-0.4, -0.2) is 94.5 Å². The zero-order chi connectivity index (χ0) is 50.2. The molecular weight excluding hydrogens is 941 g/mol. The van der Waals surface area contributed by atoms with Crippen LogP contribution in [0.4, 0.5) is 17.6 Å². The molecule has 8 atom stereocenters. The second-order valence-electron chi connectivity index (χ2n) is 15.0. The number of primary sulfonamides is 4.